The van der Waals surface area contributed by atoms with Crippen LogP contribution >= 0.6 is 15.6 Å². The summed E-state index contributed by atoms with van der Waals surface area (Å²) in [6, 6.07) is 115. The van der Waals surface area contributed by atoms with Crippen molar-refractivity contribution in [3.8, 4) is 89.8 Å². The van der Waals surface area contributed by atoms with E-state index in [9.17, 15) is 18.9 Å². The second-order valence-corrected chi connectivity index (χ2v) is 29.9. The molecule has 0 atom stereocenters. The van der Waals surface area contributed by atoms with Crippen LogP contribution in [0.3, 0.4) is 0 Å². The minimum absolute atomic E-state index is 0. The number of hydrogen-bond acceptors (Lipinski definition) is 8. The molecule has 2 aliphatic rings. The maximum absolute atomic E-state index is 14.4. The first-order valence-corrected chi connectivity index (χ1v) is 38.2. The Kier molecular flexibility index (Phi) is 15.1. The van der Waals surface area contributed by atoms with Crippen molar-refractivity contribution in [1.82, 2.24) is 0 Å². The Morgan fingerprint density at radius 2 is 0.318 bits per heavy atom. The van der Waals surface area contributed by atoms with Crippen LogP contribution in [0.4, 0.5) is 0 Å². The van der Waals surface area contributed by atoms with E-state index in [1.165, 1.54) is 0 Å². The van der Waals surface area contributed by atoms with Crippen molar-refractivity contribution in [2.75, 3.05) is 0 Å². The Morgan fingerprint density at radius 3 is 0.514 bits per heavy atom. The molecular weight excluding hydrogens is 1370 g/mol. The molecule has 22 rings (SSSR count). The Balaban J connectivity index is 0.000000140. The van der Waals surface area contributed by atoms with Crippen LogP contribution in [0.15, 0.2) is 340 Å². The molecule has 500 valence electrons. The van der Waals surface area contributed by atoms with Gasteiger partial charge in [-0.1, -0.05) is 291 Å². The van der Waals surface area contributed by atoms with Crippen molar-refractivity contribution < 1.29 is 37.0 Å². The molecule has 0 unspecified atom stereocenters. The van der Waals surface area contributed by atoms with Crippen molar-refractivity contribution in [1.29, 1.82) is 0 Å². The van der Waals surface area contributed by atoms with Crippen molar-refractivity contribution >= 4 is 168 Å². The van der Waals surface area contributed by atoms with E-state index in [0.717, 1.165) is 152 Å². The molecular formula is C96H56MgO8P2. The van der Waals surface area contributed by atoms with Gasteiger partial charge < -0.3 is 27.9 Å². The van der Waals surface area contributed by atoms with Crippen LogP contribution in [-0.4, -0.2) is 23.1 Å². The molecule has 11 heteroatoms. The second kappa shape index (κ2) is 25.0. The monoisotopic (exact) mass is 1420 g/mol. The molecule has 8 nitrogen and oxygen atoms in total. The molecule has 0 fully saturated rings. The van der Waals surface area contributed by atoms with Crippen LogP contribution in [0.25, 0.3) is 196 Å². The summed E-state index contributed by atoms with van der Waals surface area (Å²) >= 11 is 0. The van der Waals surface area contributed by atoms with E-state index in [1.54, 1.807) is 0 Å². The average molecular weight is 1420 g/mol. The second-order valence-electron chi connectivity index (χ2n) is 27.4. The number of phosphoric ester groups is 2. The van der Waals surface area contributed by atoms with Crippen LogP contribution < -0.4 is 27.9 Å². The van der Waals surface area contributed by atoms with Gasteiger partial charge in [-0.25, -0.2) is 9.13 Å². The molecule has 0 spiro atoms. The van der Waals surface area contributed by atoms with Gasteiger partial charge in [-0.2, -0.15) is 0 Å². The molecule has 2 aliphatic heterocycles. The number of phosphoric acid groups is 2. The summed E-state index contributed by atoms with van der Waals surface area (Å²) in [6.07, 6.45) is 0. The Morgan fingerprint density at radius 1 is 0.178 bits per heavy atom. The van der Waals surface area contributed by atoms with Gasteiger partial charge in [-0.3, -0.25) is 0 Å². The Bertz CT molecular complexity index is 6490. The molecule has 20 aromatic carbocycles. The Hall–Kier alpha value is -12.1. The standard InChI is InChI=1S/2C48H29O4P.Mg/c2*49-53(50)51-47-43(41-25-29-13-1-5-17-33(29)37-21-9-11-23-39(37)41)27-31-15-3-7-19-35(31)45(47)46-36-20-8-4-16-32(36)28-44(48(46)52-53)42-26-30-14-2-6-18-34(30)38-22-10-12-24-40(38)42;/h2*1-28H,(H,49,50);/q;;+2/p-2. The van der Waals surface area contributed by atoms with Gasteiger partial charge in [-0.05, 0) is 200 Å². The number of hydrogen-bond donors (Lipinski definition) is 0. The van der Waals surface area contributed by atoms with E-state index >= 15 is 0 Å². The molecule has 0 saturated carbocycles. The third-order valence-electron chi connectivity index (χ3n) is 21.6. The molecule has 0 saturated heterocycles. The van der Waals surface area contributed by atoms with E-state index in [-0.39, 0.29) is 46.1 Å². The fraction of sp³-hybridized carbons (Fsp3) is 0. The first kappa shape index (κ1) is 64.5. The molecule has 0 amide bonds. The van der Waals surface area contributed by atoms with Gasteiger partial charge in [-0.15, -0.1) is 0 Å². The quantitative estimate of drug-likeness (QED) is 0.0972. The molecule has 0 radical (unpaired) electrons. The van der Waals surface area contributed by atoms with Crippen LogP contribution in [0.1, 0.15) is 0 Å². The zero-order chi connectivity index (χ0) is 70.5. The maximum Gasteiger partial charge on any atom is 2.00 e. The molecule has 0 aliphatic carbocycles. The van der Waals surface area contributed by atoms with Gasteiger partial charge in [0.1, 0.15) is 23.0 Å². The van der Waals surface area contributed by atoms with Gasteiger partial charge in [0.05, 0.1) is 0 Å². The minimum atomic E-state index is -5.01. The molecule has 20 aromatic rings. The molecule has 2 heterocycles. The fourth-order valence-electron chi connectivity index (χ4n) is 17.1. The van der Waals surface area contributed by atoms with Crippen LogP contribution in [-0.2, 0) is 9.13 Å². The summed E-state index contributed by atoms with van der Waals surface area (Å²) in [5.74, 6) is 1.03. The summed E-state index contributed by atoms with van der Waals surface area (Å²) in [7, 11) is -10.0. The van der Waals surface area contributed by atoms with Crippen LogP contribution in [0.2, 0.25) is 0 Å². The van der Waals surface area contributed by atoms with E-state index < -0.39 is 15.6 Å². The predicted octanol–water partition coefficient (Wildman–Crippen LogP) is 25.3. The Labute approximate surface area is 629 Å². The summed E-state index contributed by atoms with van der Waals surface area (Å²) in [4.78, 5) is 28.7. The summed E-state index contributed by atoms with van der Waals surface area (Å²) in [5, 5.41) is 24.3. The summed E-state index contributed by atoms with van der Waals surface area (Å²) in [6.45, 7) is 0. The van der Waals surface area contributed by atoms with Crippen LogP contribution in [0, 0.1) is 0 Å². The average Bonchev–Trinajstić information content (AvgIpc) is 1.68. The predicted molar refractivity (Wildman–Crippen MR) is 439 cm³/mol. The number of rotatable bonds is 4. The first-order chi connectivity index (χ1) is 52.0. The van der Waals surface area contributed by atoms with E-state index in [4.69, 9.17) is 18.1 Å². The minimum Gasteiger partial charge on any atom is -0.736 e. The van der Waals surface area contributed by atoms with Crippen LogP contribution in [0.5, 0.6) is 23.0 Å². The van der Waals surface area contributed by atoms with Crippen molar-refractivity contribution in [2.45, 2.75) is 0 Å². The van der Waals surface area contributed by atoms with E-state index in [0.29, 0.717) is 44.5 Å². The van der Waals surface area contributed by atoms with Gasteiger partial charge >= 0.3 is 38.7 Å². The topological polar surface area (TPSA) is 117 Å². The first-order valence-electron chi connectivity index (χ1n) is 35.3. The summed E-state index contributed by atoms with van der Waals surface area (Å²) < 4.78 is 53.8. The molecule has 107 heavy (non-hydrogen) atoms. The van der Waals surface area contributed by atoms with E-state index in [2.05, 4.69) is 170 Å². The SMILES string of the molecule is O=P1([O-])Oc2c(-c3cc4ccccc4c4ccccc34)cc3ccccc3c2-c2c(c(-c3cc4ccccc4c4ccccc34)cc3ccccc23)O1.O=P1([O-])Oc2c(-c3cc4ccccc4c4ccccc34)cc3ccccc3c2-c2c(c(-c3cc4ccccc4c4ccccc34)cc3ccccc23)O1.[Mg+2]. The molecule has 0 N–H and O–H groups in total. The van der Waals surface area contributed by atoms with E-state index in [1.807, 2.05) is 170 Å². The number of fused-ring (bicyclic) bond motifs is 26. The zero-order valence-electron chi connectivity index (χ0n) is 57.2. The largest absolute Gasteiger partial charge is 2.00 e. The molecule has 0 bridgehead atoms. The van der Waals surface area contributed by atoms with Crippen molar-refractivity contribution in [3.63, 3.8) is 0 Å². The normalized spacial score (nSPS) is 13.4. The third kappa shape index (κ3) is 10.4. The van der Waals surface area contributed by atoms with Gasteiger partial charge in [0, 0.05) is 44.5 Å². The smallest absolute Gasteiger partial charge is 0.736 e. The van der Waals surface area contributed by atoms with Crippen molar-refractivity contribution in [2.24, 2.45) is 0 Å². The number of benzene rings is 20. The zero-order valence-corrected chi connectivity index (χ0v) is 60.4. The van der Waals surface area contributed by atoms with Gasteiger partial charge in [0.2, 0.25) is 0 Å². The fourth-order valence-corrected chi connectivity index (χ4v) is 18.8. The van der Waals surface area contributed by atoms with Gasteiger partial charge in [0.15, 0.2) is 0 Å². The third-order valence-corrected chi connectivity index (χ3v) is 23.2. The van der Waals surface area contributed by atoms with Crippen molar-refractivity contribution in [3.05, 3.63) is 340 Å². The van der Waals surface area contributed by atoms with Gasteiger partial charge in [0.25, 0.3) is 0 Å². The summed E-state index contributed by atoms with van der Waals surface area (Å²) in [5.41, 5.74) is 8.97. The maximum atomic E-state index is 14.4. The molecule has 0 aromatic heterocycles.